The van der Waals surface area contributed by atoms with E-state index in [4.69, 9.17) is 9.88 Å². The molecule has 0 bridgehead atoms. The van der Waals surface area contributed by atoms with Crippen molar-refractivity contribution in [1.29, 1.82) is 0 Å². The van der Waals surface area contributed by atoms with Crippen LogP contribution in [0, 0.1) is 17.5 Å². The molecule has 1 fully saturated rings. The van der Waals surface area contributed by atoms with Crippen molar-refractivity contribution in [2.24, 2.45) is 5.14 Å². The molecule has 0 saturated heterocycles. The van der Waals surface area contributed by atoms with Crippen molar-refractivity contribution in [2.45, 2.75) is 80.5 Å². The zero-order valence-electron chi connectivity index (χ0n) is 20.2. The van der Waals surface area contributed by atoms with Crippen molar-refractivity contribution in [3.8, 4) is 0 Å². The molecule has 1 aliphatic rings. The van der Waals surface area contributed by atoms with Crippen molar-refractivity contribution in [1.82, 2.24) is 5.32 Å². The summed E-state index contributed by atoms with van der Waals surface area (Å²) < 4.78 is 99.8. The quantitative estimate of drug-likeness (QED) is 0.265. The van der Waals surface area contributed by atoms with E-state index in [9.17, 15) is 26.0 Å². The number of amides is 1. The molecule has 1 aliphatic carbocycles. The van der Waals surface area contributed by atoms with E-state index >= 15 is 8.78 Å². The lowest BCUT2D eigenvalue weighted by atomic mass is 9.96. The fourth-order valence-electron chi connectivity index (χ4n) is 4.06. The Morgan fingerprint density at radius 3 is 2.14 bits per heavy atom. The van der Waals surface area contributed by atoms with Crippen LogP contribution in [0.2, 0.25) is 0 Å². The van der Waals surface area contributed by atoms with Crippen LogP contribution in [0.4, 0.5) is 18.9 Å². The molecule has 0 atom stereocenters. The number of benzene rings is 1. The summed E-state index contributed by atoms with van der Waals surface area (Å²) in [5.41, 5.74) is -0.986. The van der Waals surface area contributed by atoms with Crippen LogP contribution in [-0.4, -0.2) is 54.3 Å². The normalized spacial score (nSPS) is 15.8. The number of rotatable bonds is 12. The molecule has 4 N–H and O–H groups in total. The van der Waals surface area contributed by atoms with Crippen molar-refractivity contribution in [3.05, 3.63) is 17.5 Å². The van der Waals surface area contributed by atoms with E-state index in [0.29, 0.717) is 32.5 Å². The number of anilines is 1. The van der Waals surface area contributed by atoms with Crippen LogP contribution < -0.4 is 15.8 Å². The fraction of sp³-hybridized carbons (Fsp3) is 0.682. The molecule has 1 saturated carbocycles. The average Bonchev–Trinajstić information content (AvgIpc) is 2.76. The topological polar surface area (TPSA) is 145 Å². The summed E-state index contributed by atoms with van der Waals surface area (Å²) in [6, 6.07) is -0.499. The lowest BCUT2D eigenvalue weighted by Gasteiger charge is -2.25. The number of halogens is 3. The van der Waals surface area contributed by atoms with Gasteiger partial charge in [-0.05, 0) is 26.2 Å². The van der Waals surface area contributed by atoms with Gasteiger partial charge in [0.15, 0.2) is 32.2 Å². The van der Waals surface area contributed by atoms with Crippen LogP contribution in [-0.2, 0) is 29.4 Å². The first-order chi connectivity index (χ1) is 16.9. The Hall–Kier alpha value is -1.90. The average molecular weight is 558 g/mol. The first-order valence-corrected chi connectivity index (χ1v) is 15.2. The van der Waals surface area contributed by atoms with Gasteiger partial charge in [-0.1, -0.05) is 32.1 Å². The summed E-state index contributed by atoms with van der Waals surface area (Å²) in [6.45, 7) is 2.93. The van der Waals surface area contributed by atoms with E-state index < -0.39 is 76.9 Å². The second-order valence-corrected chi connectivity index (χ2v) is 12.2. The molecule has 0 radical (unpaired) electrons. The molecule has 0 unspecified atom stereocenters. The minimum atomic E-state index is -5.07. The lowest BCUT2D eigenvalue weighted by molar-refractivity contribution is -0.120. The van der Waals surface area contributed by atoms with Crippen molar-refractivity contribution >= 4 is 31.5 Å². The number of carbonyl (C=O) groups excluding carboxylic acids is 1. The highest BCUT2D eigenvalue weighted by Crippen LogP contribution is 2.37. The standard InChI is InChI=1S/C22H34F3N3O6S2/c1-2-34-13-8-12-27-16(29)11-14-35(30,31)22-18(24)17(23)21(36(26,32)33)19(25)20(22)28-15-9-6-4-3-5-7-10-15/h15,28H,2-14H2,1H3,(H,27,29)(H2,26,32,33). The lowest BCUT2D eigenvalue weighted by Crippen LogP contribution is -2.29. The zero-order valence-corrected chi connectivity index (χ0v) is 21.9. The van der Waals surface area contributed by atoms with Gasteiger partial charge in [-0.25, -0.2) is 35.1 Å². The maximum Gasteiger partial charge on any atom is 0.244 e. The molecule has 36 heavy (non-hydrogen) atoms. The molecule has 1 amide bonds. The predicted molar refractivity (Wildman–Crippen MR) is 128 cm³/mol. The molecule has 14 heteroatoms. The Morgan fingerprint density at radius 2 is 1.56 bits per heavy atom. The molecule has 1 aromatic rings. The van der Waals surface area contributed by atoms with Crippen LogP contribution in [0.3, 0.4) is 0 Å². The highest BCUT2D eigenvalue weighted by molar-refractivity contribution is 7.91. The molecule has 206 valence electrons. The second kappa shape index (κ2) is 13.6. The predicted octanol–water partition coefficient (Wildman–Crippen LogP) is 2.98. The molecule has 2 rings (SSSR count). The summed E-state index contributed by atoms with van der Waals surface area (Å²) in [5.74, 6) is -7.71. The summed E-state index contributed by atoms with van der Waals surface area (Å²) in [5, 5.41) is 10.0. The zero-order chi connectivity index (χ0) is 26.9. The Labute approximate surface area is 210 Å². The minimum absolute atomic E-state index is 0.216. The summed E-state index contributed by atoms with van der Waals surface area (Å²) >= 11 is 0. The van der Waals surface area contributed by atoms with E-state index in [0.717, 1.165) is 32.1 Å². The number of hydrogen-bond donors (Lipinski definition) is 3. The number of carbonyl (C=O) groups is 1. The highest BCUT2D eigenvalue weighted by Gasteiger charge is 2.37. The second-order valence-electron chi connectivity index (χ2n) is 8.68. The fourth-order valence-corrected chi connectivity index (χ4v) is 6.23. The summed E-state index contributed by atoms with van der Waals surface area (Å²) in [6.07, 6.45) is 5.14. The number of sulfone groups is 1. The van der Waals surface area contributed by atoms with Gasteiger partial charge in [0, 0.05) is 32.2 Å². The van der Waals surface area contributed by atoms with Gasteiger partial charge < -0.3 is 15.4 Å². The Balaban J connectivity index is 2.39. The van der Waals surface area contributed by atoms with Crippen molar-refractivity contribution < 1.29 is 39.5 Å². The smallest absolute Gasteiger partial charge is 0.244 e. The van der Waals surface area contributed by atoms with Crippen LogP contribution in [0.5, 0.6) is 0 Å². The van der Waals surface area contributed by atoms with Crippen LogP contribution in [0.15, 0.2) is 9.79 Å². The van der Waals surface area contributed by atoms with Crippen LogP contribution in [0.1, 0.15) is 64.7 Å². The van der Waals surface area contributed by atoms with Gasteiger partial charge in [0.25, 0.3) is 0 Å². The van der Waals surface area contributed by atoms with E-state index in [2.05, 4.69) is 10.6 Å². The maximum atomic E-state index is 15.3. The number of sulfonamides is 1. The molecule has 0 spiro atoms. The van der Waals surface area contributed by atoms with Crippen LogP contribution >= 0.6 is 0 Å². The largest absolute Gasteiger partial charge is 0.382 e. The number of nitrogens with one attached hydrogen (secondary N) is 2. The number of hydrogen-bond acceptors (Lipinski definition) is 7. The van der Waals surface area contributed by atoms with Crippen molar-refractivity contribution in [2.75, 3.05) is 30.8 Å². The minimum Gasteiger partial charge on any atom is -0.382 e. The van der Waals surface area contributed by atoms with E-state index in [1.54, 1.807) is 0 Å². The van der Waals surface area contributed by atoms with Crippen LogP contribution in [0.25, 0.3) is 0 Å². The molecule has 1 aromatic carbocycles. The maximum absolute atomic E-state index is 15.3. The highest BCUT2D eigenvalue weighted by atomic mass is 32.2. The van der Waals surface area contributed by atoms with E-state index in [1.807, 2.05) is 6.92 Å². The number of ether oxygens (including phenoxy) is 1. The van der Waals surface area contributed by atoms with Gasteiger partial charge in [0.05, 0.1) is 11.4 Å². The van der Waals surface area contributed by atoms with E-state index in [-0.39, 0.29) is 6.54 Å². The number of nitrogens with two attached hydrogens (primary N) is 1. The Bertz CT molecular complexity index is 1120. The third-order valence-corrected chi connectivity index (χ3v) is 8.55. The molecule has 0 aromatic heterocycles. The Kier molecular flexibility index (Phi) is 11.4. The molecule has 9 nitrogen and oxygen atoms in total. The monoisotopic (exact) mass is 557 g/mol. The molecular weight excluding hydrogens is 523 g/mol. The first-order valence-electron chi connectivity index (χ1n) is 12.0. The van der Waals surface area contributed by atoms with Gasteiger partial charge in [-0.3, -0.25) is 4.79 Å². The van der Waals surface area contributed by atoms with Gasteiger partial charge in [-0.15, -0.1) is 0 Å². The molecule has 0 aliphatic heterocycles. The summed E-state index contributed by atoms with van der Waals surface area (Å²) in [4.78, 5) is 8.96. The van der Waals surface area contributed by atoms with Gasteiger partial charge in [0.2, 0.25) is 15.9 Å². The van der Waals surface area contributed by atoms with Gasteiger partial charge in [-0.2, -0.15) is 0 Å². The molecular formula is C22H34F3N3O6S2. The molecule has 0 heterocycles. The van der Waals surface area contributed by atoms with E-state index in [1.165, 1.54) is 0 Å². The first kappa shape index (κ1) is 30.3. The Morgan fingerprint density at radius 1 is 0.972 bits per heavy atom. The third-order valence-electron chi connectivity index (χ3n) is 5.88. The number of primary sulfonamides is 1. The third kappa shape index (κ3) is 8.32. The SMILES string of the molecule is CCOCCCNC(=O)CCS(=O)(=O)c1c(F)c(F)c(S(N)(=O)=O)c(F)c1NC1CCCCCCC1. The summed E-state index contributed by atoms with van der Waals surface area (Å²) in [7, 11) is -9.84. The van der Waals surface area contributed by atoms with Crippen molar-refractivity contribution in [3.63, 3.8) is 0 Å². The van der Waals surface area contributed by atoms with Gasteiger partial charge in [0.1, 0.15) is 4.90 Å². The van der Waals surface area contributed by atoms with Gasteiger partial charge >= 0.3 is 0 Å².